The van der Waals surface area contributed by atoms with Gasteiger partial charge in [-0.2, -0.15) is 0 Å². The van der Waals surface area contributed by atoms with Crippen LogP contribution in [0.25, 0.3) is 11.3 Å². The number of aromatic amines is 1. The zero-order valence-electron chi connectivity index (χ0n) is 7.62. The third kappa shape index (κ3) is 1.61. The number of rotatable bonds is 1. The Bertz CT molecular complexity index is 496. The highest BCUT2D eigenvalue weighted by Crippen LogP contribution is 2.17. The fraction of sp³-hybridized carbons (Fsp3) is 0.100. The molecule has 1 heterocycles. The number of aromatic nitrogens is 2. The Morgan fingerprint density at radius 2 is 1.93 bits per heavy atom. The summed E-state index contributed by atoms with van der Waals surface area (Å²) in [7, 11) is 1.84. The van der Waals surface area contributed by atoms with Crippen LogP contribution in [0.2, 0.25) is 0 Å². The van der Waals surface area contributed by atoms with E-state index in [2.05, 4.69) is 5.10 Å². The molecule has 14 heavy (non-hydrogen) atoms. The fourth-order valence-corrected chi connectivity index (χ4v) is 1.43. The first-order chi connectivity index (χ1) is 6.66. The number of benzene rings is 1. The van der Waals surface area contributed by atoms with Crippen molar-refractivity contribution < 1.29 is 4.39 Å². The summed E-state index contributed by atoms with van der Waals surface area (Å²) in [6.45, 7) is 0. The Hall–Kier alpha value is -1.42. The van der Waals surface area contributed by atoms with Crippen molar-refractivity contribution in [3.05, 3.63) is 40.8 Å². The molecule has 0 amide bonds. The highest BCUT2D eigenvalue weighted by molar-refractivity contribution is 7.71. The van der Waals surface area contributed by atoms with Crippen LogP contribution >= 0.6 is 12.2 Å². The lowest BCUT2D eigenvalue weighted by Gasteiger charge is -1.96. The molecule has 2 rings (SSSR count). The minimum absolute atomic E-state index is 0.233. The molecule has 0 fully saturated rings. The summed E-state index contributed by atoms with van der Waals surface area (Å²) in [5.41, 5.74) is 1.83. The van der Waals surface area contributed by atoms with Gasteiger partial charge >= 0.3 is 0 Å². The Morgan fingerprint density at radius 3 is 2.43 bits per heavy atom. The van der Waals surface area contributed by atoms with Crippen molar-refractivity contribution in [2.24, 2.45) is 7.05 Å². The van der Waals surface area contributed by atoms with Crippen LogP contribution in [0.4, 0.5) is 4.39 Å². The van der Waals surface area contributed by atoms with Crippen LogP contribution < -0.4 is 0 Å². The van der Waals surface area contributed by atoms with Gasteiger partial charge in [-0.3, -0.25) is 9.78 Å². The van der Waals surface area contributed by atoms with E-state index in [1.54, 1.807) is 16.8 Å². The number of H-pyrrole nitrogens is 1. The van der Waals surface area contributed by atoms with Crippen LogP contribution in [0.15, 0.2) is 30.3 Å². The average molecular weight is 208 g/mol. The van der Waals surface area contributed by atoms with Crippen molar-refractivity contribution >= 4 is 12.2 Å². The molecule has 2 nitrogen and oxygen atoms in total. The van der Waals surface area contributed by atoms with Gasteiger partial charge in [0.1, 0.15) is 10.5 Å². The van der Waals surface area contributed by atoms with Crippen LogP contribution in [-0.4, -0.2) is 9.78 Å². The Labute approximate surface area is 86.0 Å². The number of hydrogen-bond donors (Lipinski definition) is 1. The van der Waals surface area contributed by atoms with E-state index in [-0.39, 0.29) is 5.82 Å². The lowest BCUT2D eigenvalue weighted by atomic mass is 10.1. The van der Waals surface area contributed by atoms with E-state index in [9.17, 15) is 4.39 Å². The first-order valence-electron chi connectivity index (χ1n) is 4.19. The predicted molar refractivity (Wildman–Crippen MR) is 56.0 cm³/mol. The molecule has 0 saturated heterocycles. The summed E-state index contributed by atoms with van der Waals surface area (Å²) in [6.07, 6.45) is 0. The molecule has 0 atom stereocenters. The number of hydrogen-bond acceptors (Lipinski definition) is 1. The molecule has 1 aromatic heterocycles. The lowest BCUT2D eigenvalue weighted by Crippen LogP contribution is -1.89. The zero-order valence-corrected chi connectivity index (χ0v) is 8.44. The van der Waals surface area contributed by atoms with Crippen molar-refractivity contribution in [1.82, 2.24) is 9.78 Å². The van der Waals surface area contributed by atoms with Crippen LogP contribution in [0.5, 0.6) is 0 Å². The zero-order chi connectivity index (χ0) is 10.1. The Balaban J connectivity index is 2.49. The second kappa shape index (κ2) is 3.38. The smallest absolute Gasteiger partial charge is 0.123 e. The molecule has 0 aliphatic carbocycles. The van der Waals surface area contributed by atoms with E-state index in [1.165, 1.54) is 12.1 Å². The maximum absolute atomic E-state index is 12.7. The SMILES string of the molecule is Cn1[nH]c(-c2ccc(F)cc2)cc1=S. The number of nitrogens with one attached hydrogen (secondary N) is 1. The summed E-state index contributed by atoms with van der Waals surface area (Å²) in [5.74, 6) is -0.233. The summed E-state index contributed by atoms with van der Waals surface area (Å²) < 4.78 is 15.1. The van der Waals surface area contributed by atoms with Crippen molar-refractivity contribution in [3.8, 4) is 11.3 Å². The van der Waals surface area contributed by atoms with Crippen LogP contribution in [0.3, 0.4) is 0 Å². The summed E-state index contributed by atoms with van der Waals surface area (Å²) in [4.78, 5) is 0. The van der Waals surface area contributed by atoms with Gasteiger partial charge < -0.3 is 0 Å². The molecule has 0 bridgehead atoms. The first kappa shape index (κ1) is 9.15. The highest BCUT2D eigenvalue weighted by atomic mass is 32.1. The summed E-state index contributed by atoms with van der Waals surface area (Å²) >= 11 is 5.06. The summed E-state index contributed by atoms with van der Waals surface area (Å²) in [5, 5.41) is 3.07. The molecule has 0 radical (unpaired) electrons. The van der Waals surface area contributed by atoms with Gasteiger partial charge in [0, 0.05) is 7.05 Å². The van der Waals surface area contributed by atoms with Crippen molar-refractivity contribution in [2.75, 3.05) is 0 Å². The number of aryl methyl sites for hydroxylation is 1. The molecular formula is C10H9FN2S. The minimum atomic E-state index is -0.233. The van der Waals surface area contributed by atoms with Gasteiger partial charge in [-0.1, -0.05) is 12.2 Å². The minimum Gasteiger partial charge on any atom is -0.297 e. The number of nitrogens with zero attached hydrogens (tertiary/aromatic N) is 1. The number of halogens is 1. The van der Waals surface area contributed by atoms with Crippen molar-refractivity contribution in [2.45, 2.75) is 0 Å². The van der Waals surface area contributed by atoms with Crippen LogP contribution in [-0.2, 0) is 7.05 Å². The van der Waals surface area contributed by atoms with Gasteiger partial charge in [0.15, 0.2) is 0 Å². The second-order valence-electron chi connectivity index (χ2n) is 3.07. The molecule has 0 spiro atoms. The Kier molecular flexibility index (Phi) is 2.21. The molecule has 2 aromatic rings. The third-order valence-corrected chi connectivity index (χ3v) is 2.43. The van der Waals surface area contributed by atoms with Crippen LogP contribution in [0.1, 0.15) is 0 Å². The third-order valence-electron chi connectivity index (χ3n) is 2.04. The molecule has 1 aromatic carbocycles. The lowest BCUT2D eigenvalue weighted by molar-refractivity contribution is 0.628. The van der Waals surface area contributed by atoms with Gasteiger partial charge in [0.2, 0.25) is 0 Å². The van der Waals surface area contributed by atoms with E-state index < -0.39 is 0 Å². The normalized spacial score (nSPS) is 10.4. The molecular weight excluding hydrogens is 199 g/mol. The van der Waals surface area contributed by atoms with E-state index in [0.29, 0.717) is 0 Å². The fourth-order valence-electron chi connectivity index (χ4n) is 1.27. The Morgan fingerprint density at radius 1 is 1.29 bits per heavy atom. The van der Waals surface area contributed by atoms with E-state index in [0.717, 1.165) is 15.9 Å². The topological polar surface area (TPSA) is 20.7 Å². The van der Waals surface area contributed by atoms with Crippen molar-refractivity contribution in [3.63, 3.8) is 0 Å². The molecule has 1 N–H and O–H groups in total. The van der Waals surface area contributed by atoms with Crippen molar-refractivity contribution in [1.29, 1.82) is 0 Å². The quantitative estimate of drug-likeness (QED) is 0.715. The van der Waals surface area contributed by atoms with Crippen LogP contribution in [0, 0.1) is 10.5 Å². The van der Waals surface area contributed by atoms with Gasteiger partial charge in [-0.15, -0.1) is 0 Å². The highest BCUT2D eigenvalue weighted by Gasteiger charge is 2.00. The van der Waals surface area contributed by atoms with Gasteiger partial charge in [-0.05, 0) is 35.9 Å². The standard InChI is InChI=1S/C10H9FN2S/c1-13-10(14)6-9(12-13)7-2-4-8(11)5-3-7/h2-6,12H,1H3. The molecule has 72 valence electrons. The second-order valence-corrected chi connectivity index (χ2v) is 3.49. The largest absolute Gasteiger partial charge is 0.297 e. The monoisotopic (exact) mass is 208 g/mol. The molecule has 0 unspecified atom stereocenters. The van der Waals surface area contributed by atoms with Gasteiger partial charge in [0.25, 0.3) is 0 Å². The van der Waals surface area contributed by atoms with Gasteiger partial charge in [-0.25, -0.2) is 4.39 Å². The average Bonchev–Trinajstić information content (AvgIpc) is 2.48. The maximum atomic E-state index is 12.7. The molecule has 0 aliphatic rings. The van der Waals surface area contributed by atoms with E-state index in [1.807, 2.05) is 13.1 Å². The van der Waals surface area contributed by atoms with E-state index >= 15 is 0 Å². The predicted octanol–water partition coefficient (Wildman–Crippen LogP) is 2.89. The molecule has 4 heteroatoms. The van der Waals surface area contributed by atoms with Gasteiger partial charge in [0.05, 0.1) is 5.69 Å². The van der Waals surface area contributed by atoms with E-state index in [4.69, 9.17) is 12.2 Å². The first-order valence-corrected chi connectivity index (χ1v) is 4.59. The summed E-state index contributed by atoms with van der Waals surface area (Å²) in [6, 6.07) is 8.15. The molecule has 0 aliphatic heterocycles. The maximum Gasteiger partial charge on any atom is 0.123 e. The molecule has 0 saturated carbocycles.